The van der Waals surface area contributed by atoms with Crippen molar-refractivity contribution in [2.45, 2.75) is 24.7 Å². The van der Waals surface area contributed by atoms with Crippen LogP contribution in [-0.2, 0) is 4.74 Å². The van der Waals surface area contributed by atoms with Gasteiger partial charge in [0.25, 0.3) is 0 Å². The van der Waals surface area contributed by atoms with Gasteiger partial charge in [0, 0.05) is 39.6 Å². The van der Waals surface area contributed by atoms with E-state index in [1.807, 2.05) is 72.8 Å². The van der Waals surface area contributed by atoms with E-state index in [-0.39, 0.29) is 6.61 Å². The molecule has 0 amide bonds. The molecule has 4 N–H and O–H groups in total. The van der Waals surface area contributed by atoms with Gasteiger partial charge in [-0.15, -0.1) is 0 Å². The van der Waals surface area contributed by atoms with Crippen LogP contribution in [0.5, 0.6) is 0 Å². The van der Waals surface area contributed by atoms with Crippen LogP contribution < -0.4 is 0 Å². The molecule has 0 radical (unpaired) electrons. The van der Waals surface area contributed by atoms with E-state index in [0.717, 1.165) is 61.5 Å². The minimum atomic E-state index is -0.737. The van der Waals surface area contributed by atoms with Crippen LogP contribution in [0, 0.1) is 0 Å². The second kappa shape index (κ2) is 9.22. The smallest absolute Gasteiger partial charge is 0.107 e. The Morgan fingerprint density at radius 3 is 2.16 bits per heavy atom. The molecule has 1 unspecified atom stereocenters. The number of fused-ring (bicyclic) bond motifs is 8. The molecule has 3 atom stereocenters. The fourth-order valence-electron chi connectivity index (χ4n) is 5.42. The van der Waals surface area contributed by atoms with Crippen LogP contribution in [0.1, 0.15) is 40.9 Å². The number of benzene rings is 1. The first-order valence-electron chi connectivity index (χ1n) is 12.7. The van der Waals surface area contributed by atoms with Gasteiger partial charge in [0.2, 0.25) is 0 Å². The molecular formula is C31H26N4O3. The molecule has 7 heteroatoms. The molecule has 38 heavy (non-hydrogen) atoms. The Bertz CT molecular complexity index is 1750. The average molecular weight is 503 g/mol. The van der Waals surface area contributed by atoms with Crippen molar-refractivity contribution in [2.24, 2.45) is 0 Å². The SMILES string of the molecule is OC[C@H]1O[C@@H](c2c3nc(cc4ccc([nH]4)c(-c4ccccc4)c4nc(cc5ccc2[nH]5)C=C4)C=C3)CC1O. The van der Waals surface area contributed by atoms with E-state index in [0.29, 0.717) is 6.42 Å². The molecule has 6 heterocycles. The van der Waals surface area contributed by atoms with E-state index in [9.17, 15) is 10.2 Å². The summed E-state index contributed by atoms with van der Waals surface area (Å²) in [7, 11) is 0. The van der Waals surface area contributed by atoms with Crippen molar-refractivity contribution >= 4 is 46.4 Å². The maximum Gasteiger partial charge on any atom is 0.107 e. The summed E-state index contributed by atoms with van der Waals surface area (Å²) in [5.41, 5.74) is 9.94. The molecule has 1 aromatic carbocycles. The maximum atomic E-state index is 10.4. The molecule has 3 aliphatic rings. The molecule has 3 aliphatic heterocycles. The number of nitrogens with zero attached hydrogens (tertiary/aromatic N) is 2. The highest BCUT2D eigenvalue weighted by molar-refractivity contribution is 5.91. The summed E-state index contributed by atoms with van der Waals surface area (Å²) in [6.07, 6.45) is 6.64. The van der Waals surface area contributed by atoms with Gasteiger partial charge in [0.1, 0.15) is 6.10 Å². The summed E-state index contributed by atoms with van der Waals surface area (Å²) >= 11 is 0. The number of nitrogens with one attached hydrogen (secondary N) is 2. The van der Waals surface area contributed by atoms with E-state index in [1.165, 1.54) is 0 Å². The van der Waals surface area contributed by atoms with Gasteiger partial charge in [0.15, 0.2) is 0 Å². The standard InChI is InChI=1S/C31H26N4O3/c36-17-29-27(37)16-28(38-29)31-25-12-8-21(34-25)14-19-6-10-23(32-19)30(18-4-2-1-3-5-18)24-11-7-20(33-24)15-22-9-13-26(31)35-22/h1-15,27-29,32,35-37H,16-17H2/t27?,28-,29-/m1/s1. The highest BCUT2D eigenvalue weighted by Gasteiger charge is 2.36. The zero-order chi connectivity index (χ0) is 25.6. The number of H-pyrrole nitrogens is 2. The van der Waals surface area contributed by atoms with Gasteiger partial charge in [-0.3, -0.25) is 0 Å². The van der Waals surface area contributed by atoms with Crippen molar-refractivity contribution in [3.05, 3.63) is 95.1 Å². The molecule has 1 fully saturated rings. The van der Waals surface area contributed by atoms with E-state index in [2.05, 4.69) is 28.2 Å². The Morgan fingerprint density at radius 2 is 1.45 bits per heavy atom. The molecule has 7 rings (SSSR count). The van der Waals surface area contributed by atoms with Crippen LogP contribution in [-0.4, -0.2) is 49.0 Å². The van der Waals surface area contributed by atoms with Gasteiger partial charge in [-0.2, -0.15) is 0 Å². The summed E-state index contributed by atoms with van der Waals surface area (Å²) in [6.45, 7) is -0.232. The highest BCUT2D eigenvalue weighted by atomic mass is 16.5. The predicted octanol–water partition coefficient (Wildman–Crippen LogP) is 5.51. The normalized spacial score (nSPS) is 20.3. The van der Waals surface area contributed by atoms with Crippen LogP contribution in [0.15, 0.2) is 66.7 Å². The zero-order valence-corrected chi connectivity index (χ0v) is 20.5. The quantitative estimate of drug-likeness (QED) is 0.255. The molecule has 0 spiro atoms. The van der Waals surface area contributed by atoms with E-state index in [4.69, 9.17) is 14.7 Å². The lowest BCUT2D eigenvalue weighted by molar-refractivity contribution is -0.0223. The molecule has 188 valence electrons. The average Bonchev–Trinajstić information content (AvgIpc) is 3.75. The van der Waals surface area contributed by atoms with Crippen molar-refractivity contribution in [1.82, 2.24) is 19.9 Å². The van der Waals surface area contributed by atoms with Crippen molar-refractivity contribution in [1.29, 1.82) is 0 Å². The second-order valence-corrected chi connectivity index (χ2v) is 9.76. The van der Waals surface area contributed by atoms with E-state index >= 15 is 0 Å². The topological polar surface area (TPSA) is 107 Å². The van der Waals surface area contributed by atoms with Crippen molar-refractivity contribution in [2.75, 3.05) is 6.61 Å². The molecule has 0 saturated carbocycles. The molecular weight excluding hydrogens is 476 g/mol. The third kappa shape index (κ3) is 4.07. The van der Waals surface area contributed by atoms with Gasteiger partial charge >= 0.3 is 0 Å². The highest BCUT2D eigenvalue weighted by Crippen LogP contribution is 2.37. The van der Waals surface area contributed by atoms with Crippen LogP contribution in [0.3, 0.4) is 0 Å². The van der Waals surface area contributed by atoms with Crippen LogP contribution in [0.4, 0.5) is 0 Å². The van der Waals surface area contributed by atoms with Crippen LogP contribution >= 0.6 is 0 Å². The minimum Gasteiger partial charge on any atom is -0.394 e. The summed E-state index contributed by atoms with van der Waals surface area (Å²) < 4.78 is 6.06. The predicted molar refractivity (Wildman–Crippen MR) is 150 cm³/mol. The van der Waals surface area contributed by atoms with E-state index in [1.54, 1.807) is 0 Å². The third-order valence-corrected chi connectivity index (χ3v) is 7.23. The maximum absolute atomic E-state index is 10.4. The molecule has 4 aromatic rings. The summed E-state index contributed by atoms with van der Waals surface area (Å²) in [5, 5.41) is 20.1. The number of aliphatic hydroxyl groups excluding tert-OH is 2. The van der Waals surface area contributed by atoms with E-state index < -0.39 is 18.3 Å². The first kappa shape index (κ1) is 22.9. The lowest BCUT2D eigenvalue weighted by Gasteiger charge is -2.13. The number of aromatic nitrogens is 4. The summed E-state index contributed by atoms with van der Waals surface area (Å²) in [4.78, 5) is 16.9. The van der Waals surface area contributed by atoms with Gasteiger partial charge in [-0.25, -0.2) is 9.97 Å². The lowest BCUT2D eigenvalue weighted by atomic mass is 10.0. The number of hydrogen-bond acceptors (Lipinski definition) is 5. The Balaban J connectivity index is 1.51. The molecule has 3 aromatic heterocycles. The van der Waals surface area contributed by atoms with Crippen molar-refractivity contribution in [3.8, 4) is 11.1 Å². The largest absolute Gasteiger partial charge is 0.394 e. The van der Waals surface area contributed by atoms with Crippen LogP contribution in [0.25, 0.3) is 57.5 Å². The van der Waals surface area contributed by atoms with Gasteiger partial charge < -0.3 is 24.9 Å². The fourth-order valence-corrected chi connectivity index (χ4v) is 5.42. The second-order valence-electron chi connectivity index (χ2n) is 9.76. The summed E-state index contributed by atoms with van der Waals surface area (Å²) in [6, 6.07) is 22.4. The first-order chi connectivity index (χ1) is 18.6. The first-order valence-corrected chi connectivity index (χ1v) is 12.7. The van der Waals surface area contributed by atoms with Gasteiger partial charge in [-0.1, -0.05) is 30.3 Å². The molecule has 7 nitrogen and oxygen atoms in total. The Hall–Kier alpha value is -4.30. The number of ether oxygens (including phenoxy) is 1. The number of rotatable bonds is 3. The third-order valence-electron chi connectivity index (χ3n) is 7.23. The number of aliphatic hydroxyl groups is 2. The fraction of sp³-hybridized carbons (Fsp3) is 0.161. The van der Waals surface area contributed by atoms with Crippen LogP contribution in [0.2, 0.25) is 0 Å². The monoisotopic (exact) mass is 502 g/mol. The van der Waals surface area contributed by atoms with Gasteiger partial charge in [-0.05, 0) is 66.3 Å². The Labute approximate surface area is 218 Å². The molecule has 1 saturated heterocycles. The Morgan fingerprint density at radius 1 is 0.789 bits per heavy atom. The minimum absolute atomic E-state index is 0.232. The number of hydrogen-bond donors (Lipinski definition) is 4. The zero-order valence-electron chi connectivity index (χ0n) is 20.5. The van der Waals surface area contributed by atoms with Crippen molar-refractivity contribution < 1.29 is 14.9 Å². The van der Waals surface area contributed by atoms with Gasteiger partial charge in [0.05, 0.1) is 41.6 Å². The van der Waals surface area contributed by atoms with Crippen molar-refractivity contribution in [3.63, 3.8) is 0 Å². The molecule has 8 bridgehead atoms. The molecule has 0 aliphatic carbocycles. The number of aromatic amines is 2. The Kier molecular flexibility index (Phi) is 5.55. The lowest BCUT2D eigenvalue weighted by Crippen LogP contribution is -2.24. The summed E-state index contributed by atoms with van der Waals surface area (Å²) in [5.74, 6) is 0.